The molecule has 0 atom stereocenters. The van der Waals surface area contributed by atoms with E-state index in [4.69, 9.17) is 14.6 Å². The third-order valence-corrected chi connectivity index (χ3v) is 4.30. The van der Waals surface area contributed by atoms with E-state index in [0.717, 1.165) is 22.4 Å². The molecule has 0 aromatic heterocycles. The SMILES string of the molecule is COc1ccccc1CCN(C)C(=O)c1cc(C)c(OCC(=O)O)c(C)c1. The monoisotopic (exact) mass is 371 g/mol. The summed E-state index contributed by atoms with van der Waals surface area (Å²) in [5.74, 6) is 0.182. The molecular formula is C21H25NO5. The topological polar surface area (TPSA) is 76.1 Å². The van der Waals surface area contributed by atoms with Crippen molar-refractivity contribution < 1.29 is 24.2 Å². The molecule has 0 unspecified atom stereocenters. The third kappa shape index (κ3) is 5.23. The van der Waals surface area contributed by atoms with Gasteiger partial charge < -0.3 is 19.5 Å². The molecule has 6 nitrogen and oxygen atoms in total. The lowest BCUT2D eigenvalue weighted by Gasteiger charge is -2.19. The first-order valence-corrected chi connectivity index (χ1v) is 8.66. The minimum Gasteiger partial charge on any atom is -0.496 e. The number of carbonyl (C=O) groups is 2. The summed E-state index contributed by atoms with van der Waals surface area (Å²) in [5, 5.41) is 8.77. The van der Waals surface area contributed by atoms with Crippen LogP contribution in [0, 0.1) is 13.8 Å². The summed E-state index contributed by atoms with van der Waals surface area (Å²) in [7, 11) is 3.39. The zero-order valence-electron chi connectivity index (χ0n) is 16.1. The molecule has 2 aromatic carbocycles. The maximum absolute atomic E-state index is 12.8. The standard InChI is InChI=1S/C21H25NO5/c1-14-11-17(12-15(2)20(14)27-13-19(23)24)21(25)22(3)10-9-16-7-5-6-8-18(16)26-4/h5-8,11-12H,9-10,13H2,1-4H3,(H,23,24). The van der Waals surface area contributed by atoms with Crippen LogP contribution in [-0.4, -0.2) is 49.2 Å². The van der Waals surface area contributed by atoms with Crippen LogP contribution in [0.25, 0.3) is 0 Å². The van der Waals surface area contributed by atoms with Crippen molar-refractivity contribution in [1.29, 1.82) is 0 Å². The smallest absolute Gasteiger partial charge is 0.341 e. The molecule has 27 heavy (non-hydrogen) atoms. The average molecular weight is 371 g/mol. The molecule has 0 heterocycles. The first-order chi connectivity index (χ1) is 12.8. The Morgan fingerprint density at radius 1 is 1.11 bits per heavy atom. The van der Waals surface area contributed by atoms with Crippen molar-refractivity contribution in [3.05, 3.63) is 58.7 Å². The molecule has 0 bridgehead atoms. The van der Waals surface area contributed by atoms with Gasteiger partial charge in [-0.25, -0.2) is 4.79 Å². The molecular weight excluding hydrogens is 346 g/mol. The zero-order valence-corrected chi connectivity index (χ0v) is 16.1. The fraction of sp³-hybridized carbons (Fsp3) is 0.333. The Morgan fingerprint density at radius 3 is 2.33 bits per heavy atom. The minimum absolute atomic E-state index is 0.0964. The number of likely N-dealkylation sites (N-methyl/N-ethyl adjacent to an activating group) is 1. The Morgan fingerprint density at radius 2 is 1.74 bits per heavy atom. The molecule has 0 aliphatic carbocycles. The van der Waals surface area contributed by atoms with Gasteiger partial charge in [-0.1, -0.05) is 18.2 Å². The van der Waals surface area contributed by atoms with Crippen molar-refractivity contribution in [3.8, 4) is 11.5 Å². The van der Waals surface area contributed by atoms with Gasteiger partial charge in [-0.15, -0.1) is 0 Å². The van der Waals surface area contributed by atoms with Crippen molar-refractivity contribution in [1.82, 2.24) is 4.90 Å². The summed E-state index contributed by atoms with van der Waals surface area (Å²) in [6.07, 6.45) is 0.685. The predicted octanol–water partition coefficient (Wildman–Crippen LogP) is 3.09. The zero-order chi connectivity index (χ0) is 20.0. The van der Waals surface area contributed by atoms with Gasteiger partial charge in [-0.05, 0) is 55.2 Å². The highest BCUT2D eigenvalue weighted by molar-refractivity contribution is 5.94. The molecule has 0 aliphatic heterocycles. The van der Waals surface area contributed by atoms with Crippen LogP contribution in [0.5, 0.6) is 11.5 Å². The Balaban J connectivity index is 2.08. The van der Waals surface area contributed by atoms with Gasteiger partial charge in [-0.3, -0.25) is 4.79 Å². The van der Waals surface area contributed by atoms with Gasteiger partial charge in [0.1, 0.15) is 11.5 Å². The Labute approximate surface area is 159 Å². The fourth-order valence-electron chi connectivity index (χ4n) is 2.95. The number of hydrogen-bond acceptors (Lipinski definition) is 4. The second-order valence-corrected chi connectivity index (χ2v) is 6.41. The van der Waals surface area contributed by atoms with E-state index in [2.05, 4.69) is 0 Å². The van der Waals surface area contributed by atoms with Crippen LogP contribution in [0.1, 0.15) is 27.0 Å². The molecule has 0 saturated carbocycles. The van der Waals surface area contributed by atoms with Crippen LogP contribution in [0.2, 0.25) is 0 Å². The maximum Gasteiger partial charge on any atom is 0.341 e. The Hall–Kier alpha value is -3.02. The number of carboxylic acid groups (broad SMARTS) is 1. The van der Waals surface area contributed by atoms with E-state index in [1.165, 1.54) is 0 Å². The molecule has 0 spiro atoms. The molecule has 0 fully saturated rings. The van der Waals surface area contributed by atoms with Crippen LogP contribution in [-0.2, 0) is 11.2 Å². The van der Waals surface area contributed by atoms with Gasteiger partial charge in [0.05, 0.1) is 7.11 Å². The quantitative estimate of drug-likeness (QED) is 0.772. The number of para-hydroxylation sites is 1. The molecule has 6 heteroatoms. The van der Waals surface area contributed by atoms with Gasteiger partial charge >= 0.3 is 5.97 Å². The number of amides is 1. The van der Waals surface area contributed by atoms with Gasteiger partial charge in [0.25, 0.3) is 5.91 Å². The van der Waals surface area contributed by atoms with Gasteiger partial charge in [0.2, 0.25) is 0 Å². The highest BCUT2D eigenvalue weighted by Gasteiger charge is 2.16. The second kappa shape index (κ2) is 9.07. The van der Waals surface area contributed by atoms with Gasteiger partial charge in [0, 0.05) is 19.2 Å². The van der Waals surface area contributed by atoms with Crippen molar-refractivity contribution in [2.24, 2.45) is 0 Å². The van der Waals surface area contributed by atoms with E-state index in [0.29, 0.717) is 24.3 Å². The van der Waals surface area contributed by atoms with Crippen LogP contribution >= 0.6 is 0 Å². The lowest BCUT2D eigenvalue weighted by Crippen LogP contribution is -2.29. The van der Waals surface area contributed by atoms with E-state index in [1.54, 1.807) is 45.0 Å². The summed E-state index contributed by atoms with van der Waals surface area (Å²) in [6, 6.07) is 11.2. The highest BCUT2D eigenvalue weighted by atomic mass is 16.5. The number of aryl methyl sites for hydroxylation is 2. The fourth-order valence-corrected chi connectivity index (χ4v) is 2.95. The first kappa shape index (κ1) is 20.3. The van der Waals surface area contributed by atoms with E-state index in [9.17, 15) is 9.59 Å². The summed E-state index contributed by atoms with van der Waals surface area (Å²) in [5.41, 5.74) is 3.06. The van der Waals surface area contributed by atoms with Crippen molar-refractivity contribution in [2.75, 3.05) is 27.3 Å². The van der Waals surface area contributed by atoms with E-state index in [-0.39, 0.29) is 5.91 Å². The molecule has 144 valence electrons. The van der Waals surface area contributed by atoms with Crippen LogP contribution in [0.4, 0.5) is 0 Å². The number of rotatable bonds is 8. The highest BCUT2D eigenvalue weighted by Crippen LogP contribution is 2.25. The van der Waals surface area contributed by atoms with Crippen molar-refractivity contribution in [2.45, 2.75) is 20.3 Å². The Bertz CT molecular complexity index is 808. The maximum atomic E-state index is 12.8. The molecule has 0 saturated heterocycles. The normalized spacial score (nSPS) is 10.4. The molecule has 2 aromatic rings. The molecule has 1 amide bonds. The number of ether oxygens (including phenoxy) is 2. The Kier molecular flexibility index (Phi) is 6.82. The second-order valence-electron chi connectivity index (χ2n) is 6.41. The summed E-state index contributed by atoms with van der Waals surface area (Å²) in [6.45, 7) is 3.74. The minimum atomic E-state index is -1.04. The third-order valence-electron chi connectivity index (χ3n) is 4.30. The number of hydrogen-bond donors (Lipinski definition) is 1. The lowest BCUT2D eigenvalue weighted by atomic mass is 10.0. The molecule has 0 aliphatic rings. The molecule has 1 N–H and O–H groups in total. The average Bonchev–Trinajstić information content (AvgIpc) is 2.64. The van der Waals surface area contributed by atoms with E-state index < -0.39 is 12.6 Å². The first-order valence-electron chi connectivity index (χ1n) is 8.66. The van der Waals surface area contributed by atoms with E-state index >= 15 is 0 Å². The largest absolute Gasteiger partial charge is 0.496 e. The number of benzene rings is 2. The number of carbonyl (C=O) groups excluding carboxylic acids is 1. The number of aliphatic carboxylic acids is 1. The van der Waals surface area contributed by atoms with Crippen molar-refractivity contribution >= 4 is 11.9 Å². The van der Waals surface area contributed by atoms with Gasteiger partial charge in [0.15, 0.2) is 6.61 Å². The molecule has 0 radical (unpaired) electrons. The van der Waals surface area contributed by atoms with E-state index in [1.807, 2.05) is 24.3 Å². The lowest BCUT2D eigenvalue weighted by molar-refractivity contribution is -0.139. The number of methoxy groups -OCH3 is 1. The van der Waals surface area contributed by atoms with Gasteiger partial charge in [-0.2, -0.15) is 0 Å². The number of nitrogens with zero attached hydrogens (tertiary/aromatic N) is 1. The summed E-state index contributed by atoms with van der Waals surface area (Å²) < 4.78 is 10.7. The predicted molar refractivity (Wildman–Crippen MR) is 103 cm³/mol. The van der Waals surface area contributed by atoms with Crippen molar-refractivity contribution in [3.63, 3.8) is 0 Å². The number of carboxylic acids is 1. The summed E-state index contributed by atoms with van der Waals surface area (Å²) >= 11 is 0. The van der Waals surface area contributed by atoms with Crippen LogP contribution in [0.3, 0.4) is 0 Å². The molecule has 2 rings (SSSR count). The summed E-state index contributed by atoms with van der Waals surface area (Å²) in [4.78, 5) is 25.1. The van der Waals surface area contributed by atoms with Crippen LogP contribution < -0.4 is 9.47 Å². The van der Waals surface area contributed by atoms with Crippen LogP contribution in [0.15, 0.2) is 36.4 Å².